The molecule has 1 aromatic rings. The van der Waals surface area contributed by atoms with Crippen LogP contribution in [0.5, 0.6) is 5.75 Å². The van der Waals surface area contributed by atoms with Gasteiger partial charge in [-0.25, -0.2) is 9.59 Å². The number of amides is 1. The van der Waals surface area contributed by atoms with Gasteiger partial charge in [-0.1, -0.05) is 39.0 Å². The second-order valence-corrected chi connectivity index (χ2v) is 5.07. The van der Waals surface area contributed by atoms with Crippen LogP contribution in [0.3, 0.4) is 0 Å². The van der Waals surface area contributed by atoms with Crippen molar-refractivity contribution in [3.05, 3.63) is 23.8 Å². The maximum Gasteiger partial charge on any atom is 0.411 e. The maximum absolute atomic E-state index is 11.5. The second-order valence-electron chi connectivity index (χ2n) is 5.07. The number of unbranched alkanes of at least 4 members (excludes halogenated alkanes) is 5. The van der Waals surface area contributed by atoms with Gasteiger partial charge in [0.25, 0.3) is 0 Å². The third-order valence-electron chi connectivity index (χ3n) is 3.21. The van der Waals surface area contributed by atoms with Crippen LogP contribution in [0.15, 0.2) is 18.2 Å². The maximum atomic E-state index is 11.5. The van der Waals surface area contributed by atoms with Crippen molar-refractivity contribution in [2.75, 3.05) is 11.9 Å². The van der Waals surface area contributed by atoms with Crippen LogP contribution in [-0.2, 0) is 21.5 Å². The quantitative estimate of drug-likeness (QED) is 0.573. The van der Waals surface area contributed by atoms with Crippen LogP contribution in [0.25, 0.3) is 0 Å². The molecule has 0 bridgehead atoms. The Bertz CT molecular complexity index is 507. The number of nitrogens with one attached hydrogen (secondary N) is 1. The molecule has 1 rings (SSSR count). The van der Waals surface area contributed by atoms with Gasteiger partial charge in [-0.15, -0.1) is 0 Å². The van der Waals surface area contributed by atoms with E-state index in [0.717, 1.165) is 19.3 Å². The van der Waals surface area contributed by atoms with Crippen molar-refractivity contribution >= 4 is 17.7 Å². The van der Waals surface area contributed by atoms with Crippen LogP contribution in [0.4, 0.5) is 10.5 Å². The van der Waals surface area contributed by atoms with Gasteiger partial charge in [-0.05, 0) is 18.6 Å². The van der Waals surface area contributed by atoms with Crippen molar-refractivity contribution in [3.8, 4) is 5.75 Å². The minimum atomic E-state index is -1.23. The summed E-state index contributed by atoms with van der Waals surface area (Å²) in [6.07, 6.45) is 6.02. The van der Waals surface area contributed by atoms with Crippen molar-refractivity contribution in [1.82, 2.24) is 0 Å². The number of hydrogen-bond donors (Lipinski definition) is 3. The van der Waals surface area contributed by atoms with Crippen LogP contribution < -0.4 is 5.32 Å². The molecule has 1 aromatic carbocycles. The van der Waals surface area contributed by atoms with Gasteiger partial charge in [0, 0.05) is 28.5 Å². The number of carboxylic acid groups (broad SMARTS) is 1. The molecule has 23 heavy (non-hydrogen) atoms. The summed E-state index contributed by atoms with van der Waals surface area (Å²) >= 11 is 0. The second kappa shape index (κ2) is 11.8. The van der Waals surface area contributed by atoms with Crippen LogP contribution in [0.1, 0.15) is 55.8 Å². The number of carbonyl (C=O) groups is 2. The standard InChI is InChI=1S/C16H23NO5.Co/c1-2-3-4-5-6-7-10-22-16(21)17-12-8-9-13(15(19)20)14(18)11-12;/h8-9,11,18H,2-7,10H2,1H3,(H,17,21)(H,19,20);. The van der Waals surface area contributed by atoms with Gasteiger partial charge in [-0.2, -0.15) is 0 Å². The largest absolute Gasteiger partial charge is 0.507 e. The SMILES string of the molecule is CCCCCCCCOC(=O)Nc1ccc(C(=O)O)c(O)c1.[Co]. The summed E-state index contributed by atoms with van der Waals surface area (Å²) in [5, 5.41) is 20.8. The van der Waals surface area contributed by atoms with Crippen LogP contribution in [0, 0.1) is 0 Å². The van der Waals surface area contributed by atoms with E-state index in [1.54, 1.807) is 0 Å². The number of benzene rings is 1. The van der Waals surface area contributed by atoms with Crippen molar-refractivity contribution in [2.45, 2.75) is 45.4 Å². The Hall–Kier alpha value is -1.73. The molecule has 0 aliphatic heterocycles. The number of ether oxygens (including phenoxy) is 1. The number of anilines is 1. The number of rotatable bonds is 9. The Morgan fingerprint density at radius 1 is 1.13 bits per heavy atom. The van der Waals surface area contributed by atoms with E-state index in [4.69, 9.17) is 9.84 Å². The molecule has 0 heterocycles. The van der Waals surface area contributed by atoms with Gasteiger partial charge < -0.3 is 14.9 Å². The zero-order valence-corrected chi connectivity index (χ0v) is 14.2. The molecule has 131 valence electrons. The van der Waals surface area contributed by atoms with E-state index >= 15 is 0 Å². The van der Waals surface area contributed by atoms with E-state index < -0.39 is 17.8 Å². The molecule has 0 saturated heterocycles. The molecule has 0 saturated carbocycles. The Labute approximate surface area is 146 Å². The molecule has 0 atom stereocenters. The van der Waals surface area contributed by atoms with Crippen molar-refractivity contribution in [2.24, 2.45) is 0 Å². The van der Waals surface area contributed by atoms with Crippen molar-refractivity contribution < 1.29 is 41.3 Å². The first-order valence-electron chi connectivity index (χ1n) is 7.54. The molecule has 1 amide bonds. The molecule has 0 spiro atoms. The molecule has 0 aliphatic carbocycles. The van der Waals surface area contributed by atoms with E-state index in [1.165, 1.54) is 37.5 Å². The van der Waals surface area contributed by atoms with Gasteiger partial charge in [-0.3, -0.25) is 5.32 Å². The van der Waals surface area contributed by atoms with Crippen LogP contribution in [0.2, 0.25) is 0 Å². The number of hydrogen-bond acceptors (Lipinski definition) is 4. The fraction of sp³-hybridized carbons (Fsp3) is 0.500. The Morgan fingerprint density at radius 3 is 2.39 bits per heavy atom. The minimum Gasteiger partial charge on any atom is -0.507 e. The van der Waals surface area contributed by atoms with E-state index in [2.05, 4.69) is 12.2 Å². The Morgan fingerprint density at radius 2 is 1.78 bits per heavy atom. The topological polar surface area (TPSA) is 95.9 Å². The molecule has 0 aromatic heterocycles. The fourth-order valence-electron chi connectivity index (χ4n) is 1.99. The van der Waals surface area contributed by atoms with Crippen molar-refractivity contribution in [3.63, 3.8) is 0 Å². The summed E-state index contributed by atoms with van der Waals surface area (Å²) in [7, 11) is 0. The summed E-state index contributed by atoms with van der Waals surface area (Å²) < 4.78 is 5.02. The summed E-state index contributed by atoms with van der Waals surface area (Å²) in [6.45, 7) is 2.51. The van der Waals surface area contributed by atoms with E-state index in [9.17, 15) is 14.7 Å². The first kappa shape index (κ1) is 21.3. The molecule has 6 nitrogen and oxygen atoms in total. The predicted octanol–water partition coefficient (Wildman–Crippen LogP) is 4.00. The van der Waals surface area contributed by atoms with Crippen molar-refractivity contribution in [1.29, 1.82) is 0 Å². The average molecular weight is 368 g/mol. The van der Waals surface area contributed by atoms with Crippen LogP contribution >= 0.6 is 0 Å². The first-order valence-corrected chi connectivity index (χ1v) is 7.54. The van der Waals surface area contributed by atoms with Gasteiger partial charge in [0.2, 0.25) is 0 Å². The number of carboxylic acids is 1. The van der Waals surface area contributed by atoms with Gasteiger partial charge in [0.1, 0.15) is 11.3 Å². The summed E-state index contributed by atoms with van der Waals surface area (Å²) in [4.78, 5) is 22.3. The van der Waals surface area contributed by atoms with E-state index in [0.29, 0.717) is 6.61 Å². The molecular weight excluding hydrogens is 345 g/mol. The molecule has 0 unspecified atom stereocenters. The summed E-state index contributed by atoms with van der Waals surface area (Å²) in [5.41, 5.74) is 0.0708. The fourth-order valence-corrected chi connectivity index (χ4v) is 1.99. The summed E-state index contributed by atoms with van der Waals surface area (Å²) in [6, 6.07) is 3.80. The third-order valence-corrected chi connectivity index (χ3v) is 3.21. The zero-order valence-electron chi connectivity index (χ0n) is 13.1. The van der Waals surface area contributed by atoms with Crippen LogP contribution in [-0.4, -0.2) is 28.9 Å². The number of carbonyl (C=O) groups excluding carboxylic acids is 1. The first-order chi connectivity index (χ1) is 10.5. The molecule has 7 heteroatoms. The average Bonchev–Trinajstić information content (AvgIpc) is 2.46. The molecule has 0 fully saturated rings. The summed E-state index contributed by atoms with van der Waals surface area (Å²) in [5.74, 6) is -1.63. The molecular formula is C16H23CoNO5. The number of aromatic carboxylic acids is 1. The molecule has 0 aliphatic rings. The monoisotopic (exact) mass is 368 g/mol. The Kier molecular flexibility index (Phi) is 10.9. The predicted molar refractivity (Wildman–Crippen MR) is 83.4 cm³/mol. The normalized spacial score (nSPS) is 9.78. The van der Waals surface area contributed by atoms with E-state index in [1.807, 2.05) is 0 Å². The third kappa shape index (κ3) is 8.46. The number of aromatic hydroxyl groups is 1. The number of phenols is 1. The van der Waals surface area contributed by atoms with Gasteiger partial charge in [0.05, 0.1) is 6.61 Å². The van der Waals surface area contributed by atoms with Gasteiger partial charge >= 0.3 is 12.1 Å². The van der Waals surface area contributed by atoms with Gasteiger partial charge in [0.15, 0.2) is 0 Å². The zero-order chi connectivity index (χ0) is 16.4. The minimum absolute atomic E-state index is 0. The van der Waals surface area contributed by atoms with E-state index in [-0.39, 0.29) is 28.0 Å². The molecule has 1 radical (unpaired) electrons. The smallest absolute Gasteiger partial charge is 0.411 e. The Balaban J connectivity index is 0.00000484. The molecule has 3 N–H and O–H groups in total.